The monoisotopic (exact) mass is 467 g/mol. The molecular weight excluding hydrogens is 446 g/mol. The van der Waals surface area contributed by atoms with E-state index < -0.39 is 21.3 Å². The van der Waals surface area contributed by atoms with Crippen molar-refractivity contribution >= 4 is 26.8 Å². The zero-order chi connectivity index (χ0) is 23.8. The lowest BCUT2D eigenvalue weighted by Crippen LogP contribution is -2.50. The molecule has 1 aliphatic rings. The van der Waals surface area contributed by atoms with Crippen molar-refractivity contribution in [1.82, 2.24) is 18.8 Å². The molecule has 1 amide bonds. The maximum atomic E-state index is 13.0. The molecule has 1 N–H and O–H groups in total. The Morgan fingerprint density at radius 3 is 2.33 bits per heavy atom. The molecule has 0 atom stereocenters. The Morgan fingerprint density at radius 2 is 1.73 bits per heavy atom. The van der Waals surface area contributed by atoms with Crippen LogP contribution in [0, 0.1) is 11.3 Å². The second-order valence-corrected chi connectivity index (χ2v) is 9.51. The first-order valence-corrected chi connectivity index (χ1v) is 11.8. The van der Waals surface area contributed by atoms with Gasteiger partial charge in [-0.3, -0.25) is 14.2 Å². The summed E-state index contributed by atoms with van der Waals surface area (Å²) in [5.74, 6) is -0.312. The van der Waals surface area contributed by atoms with Gasteiger partial charge in [-0.1, -0.05) is 0 Å². The van der Waals surface area contributed by atoms with Crippen LogP contribution in [0.5, 0.6) is 0 Å². The Morgan fingerprint density at radius 1 is 1.06 bits per heavy atom. The number of nitrogens with one attached hydrogen (secondary N) is 1. The number of amides is 1. The Labute approximate surface area is 189 Å². The molecule has 1 aromatic heterocycles. The van der Waals surface area contributed by atoms with Crippen LogP contribution in [-0.2, 0) is 16.6 Å². The van der Waals surface area contributed by atoms with E-state index in [9.17, 15) is 22.8 Å². The van der Waals surface area contributed by atoms with Gasteiger partial charge in [0.2, 0.25) is 10.0 Å². The predicted octanol–water partition coefficient (Wildman–Crippen LogP) is 0.728. The third-order valence-electron chi connectivity index (χ3n) is 5.69. The highest BCUT2D eigenvalue weighted by molar-refractivity contribution is 7.89. The second-order valence-electron chi connectivity index (χ2n) is 7.57. The van der Waals surface area contributed by atoms with Crippen molar-refractivity contribution in [1.29, 1.82) is 5.26 Å². The van der Waals surface area contributed by atoms with Gasteiger partial charge in [0, 0.05) is 38.3 Å². The zero-order valence-corrected chi connectivity index (χ0v) is 18.6. The molecule has 10 nitrogen and oxygen atoms in total. The highest BCUT2D eigenvalue weighted by Gasteiger charge is 2.30. The molecule has 1 saturated heterocycles. The topological polar surface area (TPSA) is 136 Å². The average Bonchev–Trinajstić information content (AvgIpc) is 2.83. The standard InChI is InChI=1S/C22H21N5O5S/c1-2-27-21(29)18-8-5-16(13-19(18)24-22(27)30)20(28)25-9-11-26(12-10-25)33(31,32)17-6-3-15(14-23)4-7-17/h3-8,13H,2,9-12H2,1H3,(H,24,30). The normalized spacial score (nSPS) is 14.8. The number of carbonyl (C=O) groups is 1. The number of fused-ring (bicyclic) bond motifs is 1. The van der Waals surface area contributed by atoms with Gasteiger partial charge in [0.25, 0.3) is 11.5 Å². The fourth-order valence-corrected chi connectivity index (χ4v) is 5.26. The number of piperazine rings is 1. The molecule has 170 valence electrons. The molecule has 0 saturated carbocycles. The molecule has 33 heavy (non-hydrogen) atoms. The quantitative estimate of drug-likeness (QED) is 0.601. The van der Waals surface area contributed by atoms with Crippen molar-refractivity contribution < 1.29 is 13.2 Å². The summed E-state index contributed by atoms with van der Waals surface area (Å²) in [5.41, 5.74) is -0.00872. The fourth-order valence-electron chi connectivity index (χ4n) is 3.84. The van der Waals surface area contributed by atoms with Crippen LogP contribution in [0.1, 0.15) is 22.8 Å². The number of nitrogens with zero attached hydrogens (tertiary/aromatic N) is 4. The van der Waals surface area contributed by atoms with Gasteiger partial charge in [0.15, 0.2) is 0 Å². The van der Waals surface area contributed by atoms with Gasteiger partial charge in [-0.2, -0.15) is 9.57 Å². The highest BCUT2D eigenvalue weighted by Crippen LogP contribution is 2.19. The number of hydrogen-bond donors (Lipinski definition) is 1. The van der Waals surface area contributed by atoms with Crippen LogP contribution in [-0.4, -0.2) is 59.3 Å². The molecule has 2 heterocycles. The Hall–Kier alpha value is -3.75. The van der Waals surface area contributed by atoms with Crippen molar-refractivity contribution in [3.05, 3.63) is 74.4 Å². The maximum absolute atomic E-state index is 13.0. The number of H-pyrrole nitrogens is 1. The highest BCUT2D eigenvalue weighted by atomic mass is 32.2. The van der Waals surface area contributed by atoms with E-state index >= 15 is 0 Å². The molecule has 0 radical (unpaired) electrons. The van der Waals surface area contributed by atoms with Gasteiger partial charge in [-0.05, 0) is 49.4 Å². The van der Waals surface area contributed by atoms with Crippen LogP contribution in [0.25, 0.3) is 10.9 Å². The fraction of sp³-hybridized carbons (Fsp3) is 0.273. The number of aromatic nitrogens is 2. The van der Waals surface area contributed by atoms with Crippen LogP contribution in [0.3, 0.4) is 0 Å². The van der Waals surface area contributed by atoms with Gasteiger partial charge in [0.1, 0.15) is 0 Å². The number of aromatic amines is 1. The minimum absolute atomic E-state index is 0.0949. The number of carbonyl (C=O) groups excluding carboxylic acids is 1. The molecule has 2 aromatic carbocycles. The Kier molecular flexibility index (Phi) is 5.88. The summed E-state index contributed by atoms with van der Waals surface area (Å²) in [4.78, 5) is 41.7. The third kappa shape index (κ3) is 4.06. The van der Waals surface area contributed by atoms with E-state index in [0.717, 1.165) is 4.57 Å². The lowest BCUT2D eigenvalue weighted by molar-refractivity contribution is 0.0698. The molecule has 0 aliphatic carbocycles. The first-order valence-electron chi connectivity index (χ1n) is 10.3. The van der Waals surface area contributed by atoms with E-state index in [2.05, 4.69) is 4.98 Å². The van der Waals surface area contributed by atoms with E-state index in [-0.39, 0.29) is 49.0 Å². The Bertz CT molecular complexity index is 1490. The van der Waals surface area contributed by atoms with Crippen LogP contribution in [0.15, 0.2) is 56.9 Å². The summed E-state index contributed by atoms with van der Waals surface area (Å²) < 4.78 is 28.1. The minimum atomic E-state index is -3.74. The van der Waals surface area contributed by atoms with Crippen molar-refractivity contribution in [2.45, 2.75) is 18.4 Å². The lowest BCUT2D eigenvalue weighted by Gasteiger charge is -2.34. The van der Waals surface area contributed by atoms with E-state index in [0.29, 0.717) is 16.5 Å². The van der Waals surface area contributed by atoms with Crippen LogP contribution in [0.4, 0.5) is 0 Å². The van der Waals surface area contributed by atoms with Crippen molar-refractivity contribution in [2.75, 3.05) is 26.2 Å². The summed E-state index contributed by atoms with van der Waals surface area (Å²) >= 11 is 0. The van der Waals surface area contributed by atoms with E-state index in [1.54, 1.807) is 6.92 Å². The number of nitriles is 1. The zero-order valence-electron chi connectivity index (χ0n) is 17.8. The molecule has 11 heteroatoms. The van der Waals surface area contributed by atoms with E-state index in [1.807, 2.05) is 6.07 Å². The molecule has 0 spiro atoms. The predicted molar refractivity (Wildman–Crippen MR) is 120 cm³/mol. The summed E-state index contributed by atoms with van der Waals surface area (Å²) in [6, 6.07) is 12.2. The SMILES string of the molecule is CCn1c(=O)[nH]c2cc(C(=O)N3CCN(S(=O)(=O)c4ccc(C#N)cc4)CC3)ccc2c1=O. The van der Waals surface area contributed by atoms with Gasteiger partial charge >= 0.3 is 5.69 Å². The lowest BCUT2D eigenvalue weighted by atomic mass is 10.1. The molecule has 4 rings (SSSR count). The number of hydrogen-bond acceptors (Lipinski definition) is 6. The molecule has 3 aromatic rings. The van der Waals surface area contributed by atoms with E-state index in [4.69, 9.17) is 5.26 Å². The summed E-state index contributed by atoms with van der Waals surface area (Å²) in [6.07, 6.45) is 0. The maximum Gasteiger partial charge on any atom is 0.328 e. The van der Waals surface area contributed by atoms with Crippen LogP contribution in [0.2, 0.25) is 0 Å². The largest absolute Gasteiger partial charge is 0.336 e. The van der Waals surface area contributed by atoms with Crippen molar-refractivity contribution in [2.24, 2.45) is 0 Å². The first kappa shape index (κ1) is 22.4. The molecule has 0 bridgehead atoms. The van der Waals surface area contributed by atoms with Gasteiger partial charge in [-0.15, -0.1) is 0 Å². The van der Waals surface area contributed by atoms with Crippen molar-refractivity contribution in [3.8, 4) is 6.07 Å². The van der Waals surface area contributed by atoms with Crippen LogP contribution < -0.4 is 11.2 Å². The molecule has 1 fully saturated rings. The number of sulfonamides is 1. The van der Waals surface area contributed by atoms with Gasteiger partial charge in [0.05, 0.1) is 27.4 Å². The number of benzene rings is 2. The van der Waals surface area contributed by atoms with Crippen molar-refractivity contribution in [3.63, 3.8) is 0 Å². The van der Waals surface area contributed by atoms with E-state index in [1.165, 1.54) is 51.7 Å². The van der Waals surface area contributed by atoms with Crippen LogP contribution >= 0.6 is 0 Å². The summed E-state index contributed by atoms with van der Waals surface area (Å²) in [7, 11) is -3.74. The third-order valence-corrected chi connectivity index (χ3v) is 7.60. The summed E-state index contributed by atoms with van der Waals surface area (Å²) in [5, 5.41) is 9.19. The van der Waals surface area contributed by atoms with Gasteiger partial charge < -0.3 is 9.88 Å². The average molecular weight is 468 g/mol. The molecule has 0 unspecified atom stereocenters. The molecular formula is C22H21N5O5S. The molecule has 1 aliphatic heterocycles. The second kappa shape index (κ2) is 8.65. The van der Waals surface area contributed by atoms with Gasteiger partial charge in [-0.25, -0.2) is 13.2 Å². The first-order chi connectivity index (χ1) is 15.8. The smallest absolute Gasteiger partial charge is 0.328 e. The Balaban J connectivity index is 1.51. The number of rotatable bonds is 4. The minimum Gasteiger partial charge on any atom is -0.336 e. The summed E-state index contributed by atoms with van der Waals surface area (Å²) in [6.45, 7) is 2.57.